The maximum Gasteiger partial charge on any atom is 0.376 e. The smallest absolute Gasteiger partial charge is 0.376 e. The topological polar surface area (TPSA) is 52.3 Å². The standard InChI is InChI=1S/C15H16INO3/c1-4-11-13(15(18)19-5-2)20-14(17-11)10-8-6-7-9(3)12(10)16/h6-8H,4-5H2,1-3H3. The fourth-order valence-electron chi connectivity index (χ4n) is 1.88. The number of ether oxygens (including phenoxy) is 1. The number of aromatic nitrogens is 1. The molecule has 0 aliphatic carbocycles. The highest BCUT2D eigenvalue weighted by atomic mass is 127. The molecule has 0 atom stereocenters. The van der Waals surface area contributed by atoms with Gasteiger partial charge in [-0.2, -0.15) is 0 Å². The van der Waals surface area contributed by atoms with Crippen LogP contribution in [0.5, 0.6) is 0 Å². The van der Waals surface area contributed by atoms with Crippen LogP contribution in [0.4, 0.5) is 0 Å². The van der Waals surface area contributed by atoms with Crippen molar-refractivity contribution in [3.63, 3.8) is 0 Å². The molecule has 2 aromatic rings. The summed E-state index contributed by atoms with van der Waals surface area (Å²) >= 11 is 2.26. The number of hydrogen-bond donors (Lipinski definition) is 0. The van der Waals surface area contributed by atoms with E-state index in [1.807, 2.05) is 32.0 Å². The molecule has 0 fully saturated rings. The molecule has 0 saturated carbocycles. The van der Waals surface area contributed by atoms with E-state index in [2.05, 4.69) is 27.6 Å². The van der Waals surface area contributed by atoms with Crippen LogP contribution in [0.2, 0.25) is 0 Å². The second-order valence-electron chi connectivity index (χ2n) is 4.31. The normalized spacial score (nSPS) is 10.6. The summed E-state index contributed by atoms with van der Waals surface area (Å²) in [5.74, 6) is 0.227. The van der Waals surface area contributed by atoms with Gasteiger partial charge in [0.1, 0.15) is 0 Å². The first kappa shape index (κ1) is 15.0. The minimum absolute atomic E-state index is 0.210. The fraction of sp³-hybridized carbons (Fsp3) is 0.333. The van der Waals surface area contributed by atoms with Gasteiger partial charge in [-0.25, -0.2) is 9.78 Å². The Morgan fingerprint density at radius 3 is 2.80 bits per heavy atom. The molecule has 0 amide bonds. The first-order valence-corrected chi connectivity index (χ1v) is 7.58. The average molecular weight is 385 g/mol. The lowest BCUT2D eigenvalue weighted by molar-refractivity contribution is 0.0489. The minimum atomic E-state index is -0.453. The zero-order chi connectivity index (χ0) is 14.7. The summed E-state index contributed by atoms with van der Waals surface area (Å²) < 4.78 is 11.7. The molecule has 0 saturated heterocycles. The van der Waals surface area contributed by atoms with Crippen LogP contribution in [0.3, 0.4) is 0 Å². The van der Waals surface area contributed by atoms with Gasteiger partial charge in [-0.3, -0.25) is 0 Å². The Morgan fingerprint density at radius 1 is 1.40 bits per heavy atom. The number of oxazole rings is 1. The Balaban J connectivity index is 2.49. The molecular formula is C15H16INO3. The third kappa shape index (κ3) is 2.87. The predicted molar refractivity (Wildman–Crippen MR) is 84.7 cm³/mol. The summed E-state index contributed by atoms with van der Waals surface area (Å²) in [6, 6.07) is 5.92. The number of hydrogen-bond acceptors (Lipinski definition) is 4. The summed E-state index contributed by atoms with van der Waals surface area (Å²) in [7, 11) is 0. The summed E-state index contributed by atoms with van der Waals surface area (Å²) in [5.41, 5.74) is 2.68. The van der Waals surface area contributed by atoms with E-state index in [0.29, 0.717) is 24.6 Å². The van der Waals surface area contributed by atoms with E-state index in [9.17, 15) is 4.79 Å². The number of aryl methyl sites for hydroxylation is 2. The SMILES string of the molecule is CCOC(=O)c1oc(-c2cccc(C)c2I)nc1CC. The lowest BCUT2D eigenvalue weighted by Gasteiger charge is -2.02. The van der Waals surface area contributed by atoms with E-state index >= 15 is 0 Å². The zero-order valence-corrected chi connectivity index (χ0v) is 13.9. The Bertz CT molecular complexity index is 634. The molecule has 4 nitrogen and oxygen atoms in total. The fourth-order valence-corrected chi connectivity index (χ4v) is 2.47. The monoisotopic (exact) mass is 385 g/mol. The zero-order valence-electron chi connectivity index (χ0n) is 11.7. The van der Waals surface area contributed by atoms with Crippen LogP contribution in [-0.2, 0) is 11.2 Å². The number of carbonyl (C=O) groups excluding carboxylic acids is 1. The molecule has 2 rings (SSSR count). The van der Waals surface area contributed by atoms with Gasteiger partial charge in [0, 0.05) is 3.57 Å². The van der Waals surface area contributed by atoms with Crippen LogP contribution in [0.15, 0.2) is 22.6 Å². The lowest BCUT2D eigenvalue weighted by Crippen LogP contribution is -2.05. The van der Waals surface area contributed by atoms with Crippen molar-refractivity contribution in [1.82, 2.24) is 4.98 Å². The van der Waals surface area contributed by atoms with Gasteiger partial charge >= 0.3 is 5.97 Å². The highest BCUT2D eigenvalue weighted by Gasteiger charge is 2.22. The van der Waals surface area contributed by atoms with Crippen LogP contribution in [0, 0.1) is 10.5 Å². The van der Waals surface area contributed by atoms with Gasteiger partial charge in [0.25, 0.3) is 0 Å². The maximum absolute atomic E-state index is 11.9. The Hall–Kier alpha value is -1.37. The van der Waals surface area contributed by atoms with Crippen molar-refractivity contribution < 1.29 is 13.9 Å². The first-order chi connectivity index (χ1) is 9.58. The van der Waals surface area contributed by atoms with Gasteiger partial charge in [0.05, 0.1) is 17.9 Å². The molecule has 5 heteroatoms. The van der Waals surface area contributed by atoms with E-state index < -0.39 is 5.97 Å². The quantitative estimate of drug-likeness (QED) is 0.590. The molecule has 1 aromatic heterocycles. The van der Waals surface area contributed by atoms with Gasteiger partial charge in [-0.05, 0) is 54.5 Å². The molecule has 20 heavy (non-hydrogen) atoms. The Morgan fingerprint density at radius 2 is 2.15 bits per heavy atom. The molecular weight excluding hydrogens is 369 g/mol. The third-order valence-corrected chi connectivity index (χ3v) is 4.35. The van der Waals surface area contributed by atoms with E-state index in [-0.39, 0.29) is 5.76 Å². The number of carbonyl (C=O) groups is 1. The number of halogens is 1. The van der Waals surface area contributed by atoms with E-state index in [4.69, 9.17) is 9.15 Å². The molecule has 106 valence electrons. The van der Waals surface area contributed by atoms with Gasteiger partial charge in [-0.15, -0.1) is 0 Å². The van der Waals surface area contributed by atoms with Crippen LogP contribution in [-0.4, -0.2) is 17.6 Å². The maximum atomic E-state index is 11.9. The molecule has 0 N–H and O–H groups in total. The van der Waals surface area contributed by atoms with Gasteiger partial charge in [-0.1, -0.05) is 19.1 Å². The first-order valence-electron chi connectivity index (χ1n) is 6.50. The van der Waals surface area contributed by atoms with Crippen LogP contribution >= 0.6 is 22.6 Å². The number of nitrogens with zero attached hydrogens (tertiary/aromatic N) is 1. The minimum Gasteiger partial charge on any atom is -0.460 e. The van der Waals surface area contributed by atoms with Crippen LogP contribution in [0.1, 0.15) is 35.7 Å². The van der Waals surface area contributed by atoms with E-state index in [1.165, 1.54) is 0 Å². The van der Waals surface area contributed by atoms with Crippen LogP contribution in [0.25, 0.3) is 11.5 Å². The number of rotatable bonds is 4. The predicted octanol–water partition coefficient (Wildman–Crippen LogP) is 3.99. The molecule has 1 heterocycles. The highest BCUT2D eigenvalue weighted by Crippen LogP contribution is 2.29. The van der Waals surface area contributed by atoms with E-state index in [0.717, 1.165) is 14.7 Å². The Labute approximate surface area is 131 Å². The van der Waals surface area contributed by atoms with Crippen molar-refractivity contribution in [2.75, 3.05) is 6.61 Å². The molecule has 0 radical (unpaired) electrons. The van der Waals surface area contributed by atoms with Gasteiger partial charge in [0.15, 0.2) is 0 Å². The van der Waals surface area contributed by atoms with Crippen molar-refractivity contribution in [3.8, 4) is 11.5 Å². The van der Waals surface area contributed by atoms with Crippen molar-refractivity contribution in [1.29, 1.82) is 0 Å². The second-order valence-corrected chi connectivity index (χ2v) is 5.38. The molecule has 0 bridgehead atoms. The summed E-state index contributed by atoms with van der Waals surface area (Å²) in [5, 5.41) is 0. The van der Waals surface area contributed by atoms with Crippen molar-refractivity contribution in [2.24, 2.45) is 0 Å². The second kappa shape index (κ2) is 6.39. The third-order valence-electron chi connectivity index (χ3n) is 2.92. The van der Waals surface area contributed by atoms with Gasteiger partial charge in [0.2, 0.25) is 11.7 Å². The van der Waals surface area contributed by atoms with Crippen molar-refractivity contribution in [2.45, 2.75) is 27.2 Å². The van der Waals surface area contributed by atoms with Crippen molar-refractivity contribution in [3.05, 3.63) is 38.8 Å². The molecule has 1 aromatic carbocycles. The largest absolute Gasteiger partial charge is 0.460 e. The Kier molecular flexibility index (Phi) is 4.80. The van der Waals surface area contributed by atoms with E-state index in [1.54, 1.807) is 6.92 Å². The lowest BCUT2D eigenvalue weighted by atomic mass is 10.1. The molecule has 0 unspecified atom stereocenters. The summed E-state index contributed by atoms with van der Waals surface area (Å²) in [6.45, 7) is 6.05. The van der Waals surface area contributed by atoms with Crippen molar-refractivity contribution >= 4 is 28.6 Å². The molecule has 0 aliphatic rings. The summed E-state index contributed by atoms with van der Waals surface area (Å²) in [6.07, 6.45) is 0.625. The summed E-state index contributed by atoms with van der Waals surface area (Å²) in [4.78, 5) is 16.3. The number of benzene rings is 1. The molecule has 0 spiro atoms. The van der Waals surface area contributed by atoms with Gasteiger partial charge < -0.3 is 9.15 Å². The average Bonchev–Trinajstić information content (AvgIpc) is 2.86. The van der Waals surface area contributed by atoms with Crippen LogP contribution < -0.4 is 0 Å². The highest BCUT2D eigenvalue weighted by molar-refractivity contribution is 14.1. The molecule has 0 aliphatic heterocycles. The number of esters is 1.